The Morgan fingerprint density at radius 2 is 1.54 bits per heavy atom. The Kier molecular flexibility index (Phi) is 10.7. The van der Waals surface area contributed by atoms with Gasteiger partial charge in [-0.15, -0.1) is 0 Å². The number of ether oxygens (including phenoxy) is 6. The molecule has 2 saturated heterocycles. The van der Waals surface area contributed by atoms with Crippen molar-refractivity contribution in [3.8, 4) is 34.5 Å². The zero-order valence-electron chi connectivity index (χ0n) is 26.9. The van der Waals surface area contributed by atoms with Crippen LogP contribution in [-0.4, -0.2) is 126 Å². The van der Waals surface area contributed by atoms with Crippen molar-refractivity contribution in [1.82, 2.24) is 0 Å². The number of benzene rings is 3. The van der Waals surface area contributed by atoms with Crippen LogP contribution in [0.4, 0.5) is 0 Å². The molecule has 6 rings (SSSR count). The van der Waals surface area contributed by atoms with Crippen LogP contribution in [0.2, 0.25) is 0 Å². The van der Waals surface area contributed by atoms with Crippen LogP contribution >= 0.6 is 0 Å². The summed E-state index contributed by atoms with van der Waals surface area (Å²) in [6.45, 7) is -1.09. The summed E-state index contributed by atoms with van der Waals surface area (Å²) in [6.07, 6.45) is -12.8. The van der Waals surface area contributed by atoms with Crippen LogP contribution in [0.5, 0.6) is 34.5 Å². The number of rotatable bonds is 9. The molecule has 10 atom stereocenters. The normalized spacial score (nSPS) is 30.2. The van der Waals surface area contributed by atoms with Crippen LogP contribution in [0, 0.1) is 0 Å². The number of fused-ring (bicyclic) bond motifs is 1. The molecule has 0 aromatic heterocycles. The van der Waals surface area contributed by atoms with Gasteiger partial charge in [-0.05, 0) is 42.0 Å². The van der Waals surface area contributed by atoms with Crippen LogP contribution in [-0.2, 0) is 28.5 Å². The van der Waals surface area contributed by atoms with Gasteiger partial charge in [0.1, 0.15) is 72.0 Å². The van der Waals surface area contributed by atoms with Crippen LogP contribution in [0.25, 0.3) is 12.2 Å². The van der Waals surface area contributed by atoms with Gasteiger partial charge in [-0.25, -0.2) is 4.79 Å². The molecule has 0 saturated carbocycles. The fourth-order valence-corrected chi connectivity index (χ4v) is 5.71. The van der Waals surface area contributed by atoms with Crippen molar-refractivity contribution >= 4 is 18.1 Å². The molecule has 0 aliphatic carbocycles. The van der Waals surface area contributed by atoms with E-state index in [0.717, 1.165) is 18.2 Å². The number of esters is 1. The monoisotopic (exact) mass is 728 g/mol. The van der Waals surface area contributed by atoms with Gasteiger partial charge >= 0.3 is 5.97 Å². The summed E-state index contributed by atoms with van der Waals surface area (Å²) in [5.74, 6) is -2.72. The van der Waals surface area contributed by atoms with Gasteiger partial charge in [0.25, 0.3) is 0 Å². The molecule has 3 heterocycles. The van der Waals surface area contributed by atoms with E-state index < -0.39 is 97.8 Å². The van der Waals surface area contributed by atoms with E-state index in [2.05, 4.69) is 0 Å². The Bertz CT molecular complexity index is 1810. The SMILES string of the molecule is O=C(C=Cc1ccc(O)cc1)OCC1OC(OC2=Cc3c(O)cc(O)cc3OC2c2ccc(O)c(O)c2)C(OC2OCC(O)C(O)C2O)C(O)C1O. The van der Waals surface area contributed by atoms with Crippen LogP contribution < -0.4 is 4.74 Å². The van der Waals surface area contributed by atoms with Gasteiger partial charge < -0.3 is 79.5 Å². The molecule has 10 unspecified atom stereocenters. The summed E-state index contributed by atoms with van der Waals surface area (Å²) in [6, 6.07) is 11.9. The first-order valence-corrected chi connectivity index (χ1v) is 15.9. The van der Waals surface area contributed by atoms with Crippen molar-refractivity contribution in [1.29, 1.82) is 0 Å². The van der Waals surface area contributed by atoms with E-state index >= 15 is 0 Å². The maximum Gasteiger partial charge on any atom is 0.330 e. The van der Waals surface area contributed by atoms with Crippen molar-refractivity contribution in [3.63, 3.8) is 0 Å². The molecule has 17 nitrogen and oxygen atoms in total. The number of carbonyl (C=O) groups excluding carboxylic acids is 1. The molecular formula is C35H36O17. The minimum absolute atomic E-state index is 0.00773. The Morgan fingerprint density at radius 3 is 2.27 bits per heavy atom. The largest absolute Gasteiger partial charge is 0.508 e. The highest BCUT2D eigenvalue weighted by Crippen LogP contribution is 2.45. The topological polar surface area (TPSA) is 275 Å². The van der Waals surface area contributed by atoms with Crippen molar-refractivity contribution in [3.05, 3.63) is 83.1 Å². The molecule has 2 fully saturated rings. The third-order valence-corrected chi connectivity index (χ3v) is 8.53. The molecule has 0 spiro atoms. The minimum atomic E-state index is -1.89. The van der Waals surface area contributed by atoms with Crippen molar-refractivity contribution < 1.29 is 84.3 Å². The van der Waals surface area contributed by atoms with Gasteiger partial charge in [0.2, 0.25) is 6.29 Å². The predicted octanol–water partition coefficient (Wildman–Crippen LogP) is 0.233. The Labute approximate surface area is 294 Å². The number of phenols is 5. The number of aliphatic hydroxyl groups is 5. The second-order valence-corrected chi connectivity index (χ2v) is 12.2. The Morgan fingerprint density at radius 1 is 0.788 bits per heavy atom. The summed E-state index contributed by atoms with van der Waals surface area (Å²) < 4.78 is 34.6. The molecule has 0 radical (unpaired) electrons. The summed E-state index contributed by atoms with van der Waals surface area (Å²) in [7, 11) is 0. The van der Waals surface area contributed by atoms with Gasteiger partial charge in [-0.2, -0.15) is 0 Å². The first kappa shape index (κ1) is 36.7. The second-order valence-electron chi connectivity index (χ2n) is 12.2. The lowest BCUT2D eigenvalue weighted by molar-refractivity contribution is -0.352. The maximum atomic E-state index is 12.5. The predicted molar refractivity (Wildman–Crippen MR) is 173 cm³/mol. The van der Waals surface area contributed by atoms with Crippen molar-refractivity contribution in [2.24, 2.45) is 0 Å². The Hall–Kier alpha value is -5.11. The molecule has 3 aromatic rings. The zero-order valence-corrected chi connectivity index (χ0v) is 26.9. The highest BCUT2D eigenvalue weighted by atomic mass is 16.8. The molecule has 3 aliphatic rings. The van der Waals surface area contributed by atoms with Gasteiger partial charge in [0.05, 0.1) is 12.2 Å². The minimum Gasteiger partial charge on any atom is -0.508 e. The molecule has 10 N–H and O–H groups in total. The van der Waals surface area contributed by atoms with Crippen molar-refractivity contribution in [2.45, 2.75) is 61.4 Å². The smallest absolute Gasteiger partial charge is 0.330 e. The van der Waals surface area contributed by atoms with Gasteiger partial charge in [-0.3, -0.25) is 0 Å². The van der Waals surface area contributed by atoms with Crippen molar-refractivity contribution in [2.75, 3.05) is 13.2 Å². The number of hydrogen-bond donors (Lipinski definition) is 10. The molecule has 0 amide bonds. The number of hydrogen-bond acceptors (Lipinski definition) is 17. The number of aromatic hydroxyl groups is 5. The van der Waals surface area contributed by atoms with Gasteiger partial charge in [0.15, 0.2) is 30.0 Å². The highest BCUT2D eigenvalue weighted by molar-refractivity contribution is 5.87. The molecule has 52 heavy (non-hydrogen) atoms. The average molecular weight is 729 g/mol. The van der Waals surface area contributed by atoms with E-state index in [1.54, 1.807) is 12.1 Å². The number of phenolic OH excluding ortho intramolecular Hbond substituents is 5. The highest BCUT2D eigenvalue weighted by Gasteiger charge is 2.51. The lowest BCUT2D eigenvalue weighted by Gasteiger charge is -2.45. The fraction of sp³-hybridized carbons (Fsp3) is 0.343. The summed E-state index contributed by atoms with van der Waals surface area (Å²) in [4.78, 5) is 12.5. The first-order chi connectivity index (χ1) is 24.8. The lowest BCUT2D eigenvalue weighted by Crippen LogP contribution is -2.63. The van der Waals surface area contributed by atoms with Gasteiger partial charge in [0, 0.05) is 23.8 Å². The van der Waals surface area contributed by atoms with E-state index in [1.807, 2.05) is 0 Å². The fourth-order valence-electron chi connectivity index (χ4n) is 5.71. The van der Waals surface area contributed by atoms with Gasteiger partial charge in [-0.1, -0.05) is 18.2 Å². The van der Waals surface area contributed by atoms with E-state index in [9.17, 15) is 55.9 Å². The average Bonchev–Trinajstić information content (AvgIpc) is 3.11. The van der Waals surface area contributed by atoms with Crippen LogP contribution in [0.15, 0.2) is 66.4 Å². The molecule has 3 aliphatic heterocycles. The standard InChI is InChI=1S/C35H36O17/c36-17-5-1-15(2-6-17)3-8-27(42)47-14-26-29(44)30(45)33(52-34-31(46)28(43)23(41)13-48-34)35(51-26)50-25-12-19-21(39)10-18(37)11-24(19)49-32(25)16-4-7-20(38)22(40)9-16/h1-12,23,26,28-41,43-46H,13-14H2. The third-order valence-electron chi connectivity index (χ3n) is 8.53. The summed E-state index contributed by atoms with van der Waals surface area (Å²) in [5.41, 5.74) is 0.799. The zero-order chi connectivity index (χ0) is 37.3. The first-order valence-electron chi connectivity index (χ1n) is 15.9. The Balaban J connectivity index is 1.30. The quantitative estimate of drug-likeness (QED) is 0.0802. The second kappa shape index (κ2) is 15.2. The van der Waals surface area contributed by atoms with E-state index in [0.29, 0.717) is 5.56 Å². The summed E-state index contributed by atoms with van der Waals surface area (Å²) in [5, 5.41) is 103. The molecule has 278 valence electrons. The molecule has 17 heteroatoms. The van der Waals surface area contributed by atoms with E-state index in [4.69, 9.17) is 28.4 Å². The number of aliphatic hydroxyl groups excluding tert-OH is 5. The molecular weight excluding hydrogens is 692 g/mol. The van der Waals surface area contributed by atoms with E-state index in [-0.39, 0.29) is 34.1 Å². The lowest BCUT2D eigenvalue weighted by atomic mass is 9.97. The molecule has 3 aromatic carbocycles. The van der Waals surface area contributed by atoms with E-state index in [1.165, 1.54) is 42.5 Å². The van der Waals surface area contributed by atoms with Crippen LogP contribution in [0.3, 0.4) is 0 Å². The van der Waals surface area contributed by atoms with Crippen LogP contribution in [0.1, 0.15) is 22.8 Å². The number of carbonyl (C=O) groups is 1. The molecule has 0 bridgehead atoms. The third kappa shape index (κ3) is 7.86. The maximum absolute atomic E-state index is 12.5. The summed E-state index contributed by atoms with van der Waals surface area (Å²) >= 11 is 0.